The lowest BCUT2D eigenvalue weighted by molar-refractivity contribution is 1.01. The lowest BCUT2D eigenvalue weighted by Crippen LogP contribution is -2.00. The number of aromatic nitrogens is 3. The fourth-order valence-electron chi connectivity index (χ4n) is 2.34. The molecule has 0 amide bonds. The summed E-state index contributed by atoms with van der Waals surface area (Å²) in [5, 5.41) is 7.35. The molecule has 1 heterocycles. The van der Waals surface area contributed by atoms with Gasteiger partial charge in [0, 0.05) is 10.5 Å². The van der Waals surface area contributed by atoms with E-state index in [2.05, 4.69) is 47.6 Å². The first-order valence-corrected chi connectivity index (χ1v) is 8.22. The summed E-state index contributed by atoms with van der Waals surface area (Å²) in [6.07, 6.45) is 2.07. The van der Waals surface area contributed by atoms with Crippen molar-refractivity contribution in [3.63, 3.8) is 0 Å². The highest BCUT2D eigenvalue weighted by molar-refractivity contribution is 7.98. The van der Waals surface area contributed by atoms with Gasteiger partial charge in [0.15, 0.2) is 10.6 Å². The summed E-state index contributed by atoms with van der Waals surface area (Å²) in [6.45, 7) is 2.08. The Morgan fingerprint density at radius 3 is 2.57 bits per heavy atom. The molecule has 5 heteroatoms. The van der Waals surface area contributed by atoms with Gasteiger partial charge in [-0.05, 0) is 43.1 Å². The lowest BCUT2D eigenvalue weighted by Gasteiger charge is -2.12. The predicted octanol–water partition coefficient (Wildman–Crippen LogP) is 4.63. The Labute approximate surface area is 133 Å². The van der Waals surface area contributed by atoms with E-state index in [9.17, 15) is 0 Å². The van der Waals surface area contributed by atoms with E-state index in [0.717, 1.165) is 17.1 Å². The average molecular weight is 313 g/mol. The summed E-state index contributed by atoms with van der Waals surface area (Å²) in [5.74, 6) is 0.847. The second kappa shape index (κ2) is 5.87. The van der Waals surface area contributed by atoms with Gasteiger partial charge in [0.2, 0.25) is 0 Å². The highest BCUT2D eigenvalue weighted by Crippen LogP contribution is 2.29. The minimum atomic E-state index is 0.606. The van der Waals surface area contributed by atoms with Crippen LogP contribution in [0.25, 0.3) is 17.1 Å². The third kappa shape index (κ3) is 2.54. The van der Waals surface area contributed by atoms with Crippen LogP contribution >= 0.6 is 24.0 Å². The molecule has 1 aromatic heterocycles. The molecule has 0 aliphatic carbocycles. The van der Waals surface area contributed by atoms with Gasteiger partial charge in [0.1, 0.15) is 0 Å². The summed E-state index contributed by atoms with van der Waals surface area (Å²) in [4.78, 5) is 1.17. The van der Waals surface area contributed by atoms with Crippen molar-refractivity contribution in [2.24, 2.45) is 0 Å². The summed E-state index contributed by atoms with van der Waals surface area (Å²) in [7, 11) is 0. The molecule has 0 saturated carbocycles. The maximum Gasteiger partial charge on any atom is 0.200 e. The van der Waals surface area contributed by atoms with Crippen LogP contribution in [0.1, 0.15) is 5.56 Å². The molecule has 0 fully saturated rings. The number of nitrogens with one attached hydrogen (secondary N) is 1. The van der Waals surface area contributed by atoms with E-state index in [-0.39, 0.29) is 0 Å². The molecule has 3 nitrogen and oxygen atoms in total. The molecule has 1 N–H and O–H groups in total. The van der Waals surface area contributed by atoms with Crippen molar-refractivity contribution >= 4 is 24.0 Å². The zero-order valence-electron chi connectivity index (χ0n) is 11.8. The zero-order valence-corrected chi connectivity index (χ0v) is 13.5. The second-order valence-electron chi connectivity index (χ2n) is 4.67. The third-order valence-corrected chi connectivity index (χ3v) is 4.44. The number of aromatic amines is 1. The van der Waals surface area contributed by atoms with Gasteiger partial charge in [0.25, 0.3) is 0 Å². The summed E-state index contributed by atoms with van der Waals surface area (Å²) >= 11 is 7.14. The molecule has 21 heavy (non-hydrogen) atoms. The van der Waals surface area contributed by atoms with E-state index in [1.165, 1.54) is 10.5 Å². The van der Waals surface area contributed by atoms with Crippen LogP contribution in [0.15, 0.2) is 53.4 Å². The molecular formula is C16H15N3S2. The molecule has 0 atom stereocenters. The summed E-state index contributed by atoms with van der Waals surface area (Å²) in [6, 6.07) is 16.4. The van der Waals surface area contributed by atoms with E-state index in [1.54, 1.807) is 11.8 Å². The number of hydrogen-bond acceptors (Lipinski definition) is 3. The molecule has 3 rings (SSSR count). The molecule has 0 spiro atoms. The van der Waals surface area contributed by atoms with E-state index < -0.39 is 0 Å². The molecular weight excluding hydrogens is 298 g/mol. The SMILES string of the molecule is CSc1ccccc1-n1c(-c2ccccc2C)n[nH]c1=S. The molecule has 0 saturated heterocycles. The fraction of sp³-hybridized carbons (Fsp3) is 0.125. The Morgan fingerprint density at radius 1 is 1.10 bits per heavy atom. The number of hydrogen-bond donors (Lipinski definition) is 1. The Balaban J connectivity index is 2.28. The third-order valence-electron chi connectivity index (χ3n) is 3.38. The first kappa shape index (κ1) is 14.1. The molecule has 3 aromatic rings. The Hall–Kier alpha value is -1.85. The van der Waals surface area contributed by atoms with E-state index in [1.807, 2.05) is 28.8 Å². The zero-order chi connectivity index (χ0) is 14.8. The fourth-order valence-corrected chi connectivity index (χ4v) is 3.15. The van der Waals surface area contributed by atoms with E-state index in [4.69, 9.17) is 12.2 Å². The van der Waals surface area contributed by atoms with Crippen LogP contribution in [0.2, 0.25) is 0 Å². The normalized spacial score (nSPS) is 10.8. The number of para-hydroxylation sites is 1. The van der Waals surface area contributed by atoms with Crippen molar-refractivity contribution in [3.05, 3.63) is 58.9 Å². The first-order valence-electron chi connectivity index (χ1n) is 6.59. The van der Waals surface area contributed by atoms with Crippen LogP contribution < -0.4 is 0 Å². The largest absolute Gasteiger partial charge is 0.267 e. The van der Waals surface area contributed by atoms with E-state index in [0.29, 0.717) is 4.77 Å². The predicted molar refractivity (Wildman–Crippen MR) is 90.7 cm³/mol. The lowest BCUT2D eigenvalue weighted by atomic mass is 10.1. The average Bonchev–Trinajstić information content (AvgIpc) is 2.89. The van der Waals surface area contributed by atoms with Crippen molar-refractivity contribution in [3.8, 4) is 17.1 Å². The van der Waals surface area contributed by atoms with Gasteiger partial charge in [-0.1, -0.05) is 36.4 Å². The number of aryl methyl sites for hydroxylation is 1. The van der Waals surface area contributed by atoms with Gasteiger partial charge in [-0.3, -0.25) is 9.67 Å². The van der Waals surface area contributed by atoms with Crippen molar-refractivity contribution in [1.29, 1.82) is 0 Å². The van der Waals surface area contributed by atoms with Gasteiger partial charge in [0.05, 0.1) is 5.69 Å². The molecule has 106 valence electrons. The van der Waals surface area contributed by atoms with Crippen molar-refractivity contribution in [1.82, 2.24) is 14.8 Å². The number of rotatable bonds is 3. The van der Waals surface area contributed by atoms with E-state index >= 15 is 0 Å². The number of benzene rings is 2. The molecule has 0 aliphatic heterocycles. The van der Waals surface area contributed by atoms with Crippen molar-refractivity contribution in [2.45, 2.75) is 11.8 Å². The van der Waals surface area contributed by atoms with Gasteiger partial charge in [-0.15, -0.1) is 11.8 Å². The maximum absolute atomic E-state index is 5.44. The van der Waals surface area contributed by atoms with Crippen LogP contribution in [0.5, 0.6) is 0 Å². The number of nitrogens with zero attached hydrogens (tertiary/aromatic N) is 2. The highest BCUT2D eigenvalue weighted by Gasteiger charge is 2.14. The topological polar surface area (TPSA) is 33.6 Å². The maximum atomic E-state index is 5.44. The van der Waals surface area contributed by atoms with Gasteiger partial charge in [-0.2, -0.15) is 5.10 Å². The molecule has 0 bridgehead atoms. The Bertz CT molecular complexity index is 833. The van der Waals surface area contributed by atoms with Gasteiger partial charge >= 0.3 is 0 Å². The van der Waals surface area contributed by atoms with Crippen LogP contribution in [-0.2, 0) is 0 Å². The molecule has 2 aromatic carbocycles. The standard InChI is InChI=1S/C16H15N3S2/c1-11-7-3-4-8-12(11)15-17-18-16(20)19(15)13-9-5-6-10-14(13)21-2/h3-10H,1-2H3,(H,18,20). The summed E-state index contributed by atoms with van der Waals surface area (Å²) < 4.78 is 2.61. The van der Waals surface area contributed by atoms with Crippen LogP contribution in [-0.4, -0.2) is 21.0 Å². The highest BCUT2D eigenvalue weighted by atomic mass is 32.2. The monoisotopic (exact) mass is 313 g/mol. The minimum absolute atomic E-state index is 0.606. The van der Waals surface area contributed by atoms with Crippen molar-refractivity contribution in [2.75, 3.05) is 6.26 Å². The number of H-pyrrole nitrogens is 1. The summed E-state index contributed by atoms with van der Waals surface area (Å²) in [5.41, 5.74) is 3.32. The molecule has 0 radical (unpaired) electrons. The molecule has 0 unspecified atom stereocenters. The Kier molecular flexibility index (Phi) is 3.94. The van der Waals surface area contributed by atoms with Crippen LogP contribution in [0.4, 0.5) is 0 Å². The smallest absolute Gasteiger partial charge is 0.200 e. The molecule has 0 aliphatic rings. The van der Waals surface area contributed by atoms with Gasteiger partial charge in [-0.25, -0.2) is 0 Å². The van der Waals surface area contributed by atoms with Crippen molar-refractivity contribution < 1.29 is 0 Å². The second-order valence-corrected chi connectivity index (χ2v) is 5.91. The van der Waals surface area contributed by atoms with Gasteiger partial charge < -0.3 is 0 Å². The number of thioether (sulfide) groups is 1. The minimum Gasteiger partial charge on any atom is -0.267 e. The van der Waals surface area contributed by atoms with Crippen LogP contribution in [0.3, 0.4) is 0 Å². The quantitative estimate of drug-likeness (QED) is 0.565. The Morgan fingerprint density at radius 2 is 1.81 bits per heavy atom. The first-order chi connectivity index (χ1) is 10.2. The van der Waals surface area contributed by atoms with Crippen LogP contribution in [0, 0.1) is 11.7 Å².